The molecular weight excluding hydrogens is 300 g/mol. The van der Waals surface area contributed by atoms with Crippen molar-refractivity contribution in [2.24, 2.45) is 5.73 Å². The molecule has 3 N–H and O–H groups in total. The zero-order valence-electron chi connectivity index (χ0n) is 14.0. The summed E-state index contributed by atoms with van der Waals surface area (Å²) in [4.78, 5) is 12.2. The van der Waals surface area contributed by atoms with Crippen LogP contribution < -0.4 is 15.8 Å². The largest absolute Gasteiger partial charge is 0.491 e. The van der Waals surface area contributed by atoms with E-state index in [1.54, 1.807) is 0 Å². The van der Waals surface area contributed by atoms with E-state index in [0.29, 0.717) is 13.0 Å². The predicted octanol–water partition coefficient (Wildman–Crippen LogP) is 3.07. The van der Waals surface area contributed by atoms with Gasteiger partial charge in [-0.3, -0.25) is 4.79 Å². The monoisotopic (exact) mass is 328 g/mol. The topological polar surface area (TPSA) is 64.3 Å². The van der Waals surface area contributed by atoms with Gasteiger partial charge in [-0.2, -0.15) is 0 Å². The van der Waals surface area contributed by atoms with Gasteiger partial charge in [0.1, 0.15) is 5.75 Å². The van der Waals surface area contributed by atoms with Gasteiger partial charge in [-0.05, 0) is 44.4 Å². The molecule has 0 aliphatic carbocycles. The summed E-state index contributed by atoms with van der Waals surface area (Å²) in [6.45, 7) is 8.53. The van der Waals surface area contributed by atoms with Gasteiger partial charge in [-0.1, -0.05) is 26.0 Å². The summed E-state index contributed by atoms with van der Waals surface area (Å²) in [5, 5.41) is 3.08. The van der Waals surface area contributed by atoms with E-state index in [2.05, 4.69) is 5.32 Å². The molecule has 0 saturated heterocycles. The number of benzene rings is 1. The van der Waals surface area contributed by atoms with E-state index >= 15 is 0 Å². The van der Waals surface area contributed by atoms with Crippen molar-refractivity contribution in [3.05, 3.63) is 29.8 Å². The highest BCUT2D eigenvalue weighted by Crippen LogP contribution is 2.17. The number of hydrogen-bond acceptors (Lipinski definition) is 3. The van der Waals surface area contributed by atoms with Gasteiger partial charge < -0.3 is 15.8 Å². The summed E-state index contributed by atoms with van der Waals surface area (Å²) < 4.78 is 5.65. The lowest BCUT2D eigenvalue weighted by atomic mass is 9.92. The third-order valence-electron chi connectivity index (χ3n) is 3.78. The minimum absolute atomic E-state index is 0. The third-order valence-corrected chi connectivity index (χ3v) is 3.78. The molecule has 0 aromatic heterocycles. The van der Waals surface area contributed by atoms with Crippen LogP contribution in [0.15, 0.2) is 24.3 Å². The molecule has 0 unspecified atom stereocenters. The van der Waals surface area contributed by atoms with Crippen molar-refractivity contribution in [2.45, 2.75) is 58.6 Å². The van der Waals surface area contributed by atoms with E-state index in [1.807, 2.05) is 52.0 Å². The first kappa shape index (κ1) is 20.7. The van der Waals surface area contributed by atoms with Crippen LogP contribution in [0.1, 0.15) is 46.1 Å². The molecule has 22 heavy (non-hydrogen) atoms. The highest BCUT2D eigenvalue weighted by atomic mass is 35.5. The first-order chi connectivity index (χ1) is 9.94. The zero-order chi connectivity index (χ0) is 15.9. The average Bonchev–Trinajstić information content (AvgIpc) is 2.44. The summed E-state index contributed by atoms with van der Waals surface area (Å²) >= 11 is 0. The van der Waals surface area contributed by atoms with Crippen molar-refractivity contribution >= 4 is 18.3 Å². The van der Waals surface area contributed by atoms with Gasteiger partial charge in [-0.15, -0.1) is 12.4 Å². The Kier molecular flexibility index (Phi) is 9.14. The van der Waals surface area contributed by atoms with Gasteiger partial charge in [0, 0.05) is 6.54 Å². The van der Waals surface area contributed by atoms with Gasteiger partial charge in [-0.25, -0.2) is 0 Å². The van der Waals surface area contributed by atoms with Crippen molar-refractivity contribution < 1.29 is 9.53 Å². The lowest BCUT2D eigenvalue weighted by molar-refractivity contribution is -0.122. The number of carbonyl (C=O) groups excluding carboxylic acids is 1. The Morgan fingerprint density at radius 3 is 2.45 bits per heavy atom. The molecule has 5 heteroatoms. The second-order valence-electron chi connectivity index (χ2n) is 5.73. The molecule has 1 aromatic carbocycles. The second kappa shape index (κ2) is 9.70. The van der Waals surface area contributed by atoms with Crippen molar-refractivity contribution in [3.63, 3.8) is 0 Å². The SMILES string of the molecule is CCC(CC)(CN)NC(=O)Cc1cccc(OC(C)C)c1.Cl. The van der Waals surface area contributed by atoms with Crippen LogP contribution in [0.5, 0.6) is 5.75 Å². The van der Waals surface area contributed by atoms with Crippen LogP contribution in [0.4, 0.5) is 0 Å². The van der Waals surface area contributed by atoms with Crippen molar-refractivity contribution in [1.82, 2.24) is 5.32 Å². The van der Waals surface area contributed by atoms with E-state index in [1.165, 1.54) is 0 Å². The fourth-order valence-corrected chi connectivity index (χ4v) is 2.29. The Morgan fingerprint density at radius 2 is 1.95 bits per heavy atom. The molecule has 1 rings (SSSR count). The maximum Gasteiger partial charge on any atom is 0.224 e. The van der Waals surface area contributed by atoms with E-state index in [9.17, 15) is 4.79 Å². The normalized spacial score (nSPS) is 11.0. The van der Waals surface area contributed by atoms with Gasteiger partial charge in [0.05, 0.1) is 18.1 Å². The van der Waals surface area contributed by atoms with Gasteiger partial charge in [0.25, 0.3) is 0 Å². The number of rotatable bonds is 8. The van der Waals surface area contributed by atoms with Crippen LogP contribution in [-0.4, -0.2) is 24.1 Å². The third kappa shape index (κ3) is 6.24. The zero-order valence-corrected chi connectivity index (χ0v) is 14.8. The van der Waals surface area contributed by atoms with Crippen LogP contribution >= 0.6 is 12.4 Å². The number of nitrogens with two attached hydrogens (primary N) is 1. The molecule has 0 aliphatic heterocycles. The number of carbonyl (C=O) groups is 1. The number of hydrogen-bond donors (Lipinski definition) is 2. The van der Waals surface area contributed by atoms with Crippen LogP contribution in [0, 0.1) is 0 Å². The minimum Gasteiger partial charge on any atom is -0.491 e. The van der Waals surface area contributed by atoms with E-state index in [4.69, 9.17) is 10.5 Å². The van der Waals surface area contributed by atoms with Crippen molar-refractivity contribution in [1.29, 1.82) is 0 Å². The van der Waals surface area contributed by atoms with Crippen LogP contribution in [-0.2, 0) is 11.2 Å². The van der Waals surface area contributed by atoms with Gasteiger partial charge in [0.15, 0.2) is 0 Å². The maximum atomic E-state index is 12.2. The molecule has 0 atom stereocenters. The second-order valence-corrected chi connectivity index (χ2v) is 5.73. The Bertz CT molecular complexity index is 451. The Hall–Kier alpha value is -1.26. The Labute approximate surface area is 140 Å². The number of amides is 1. The number of ether oxygens (including phenoxy) is 1. The summed E-state index contributed by atoms with van der Waals surface area (Å²) in [6.07, 6.45) is 2.14. The summed E-state index contributed by atoms with van der Waals surface area (Å²) in [5.74, 6) is 0.803. The molecule has 0 aliphatic rings. The molecule has 0 bridgehead atoms. The van der Waals surface area contributed by atoms with Crippen LogP contribution in [0.2, 0.25) is 0 Å². The first-order valence-electron chi connectivity index (χ1n) is 7.71. The molecular formula is C17H29ClN2O2. The highest BCUT2D eigenvalue weighted by molar-refractivity contribution is 5.85. The molecule has 126 valence electrons. The Morgan fingerprint density at radius 1 is 1.32 bits per heavy atom. The van der Waals surface area contributed by atoms with Gasteiger partial charge in [0.2, 0.25) is 5.91 Å². The van der Waals surface area contributed by atoms with E-state index in [-0.39, 0.29) is 30.0 Å². The highest BCUT2D eigenvalue weighted by Gasteiger charge is 2.26. The average molecular weight is 329 g/mol. The maximum absolute atomic E-state index is 12.2. The lowest BCUT2D eigenvalue weighted by Crippen LogP contribution is -2.53. The summed E-state index contributed by atoms with van der Waals surface area (Å²) in [5.41, 5.74) is 6.47. The predicted molar refractivity (Wildman–Crippen MR) is 93.7 cm³/mol. The molecule has 0 radical (unpaired) electrons. The molecule has 0 fully saturated rings. The first-order valence-corrected chi connectivity index (χ1v) is 7.71. The van der Waals surface area contributed by atoms with Crippen molar-refractivity contribution in [3.8, 4) is 5.75 Å². The Balaban J connectivity index is 0.00000441. The van der Waals surface area contributed by atoms with Crippen LogP contribution in [0.25, 0.3) is 0 Å². The van der Waals surface area contributed by atoms with Crippen LogP contribution in [0.3, 0.4) is 0 Å². The van der Waals surface area contributed by atoms with E-state index in [0.717, 1.165) is 24.2 Å². The minimum atomic E-state index is -0.289. The standard InChI is InChI=1S/C17H28N2O2.ClH/c1-5-17(6-2,12-18)19-16(20)11-14-8-7-9-15(10-14)21-13(3)4;/h7-10,13H,5-6,11-12,18H2,1-4H3,(H,19,20);1H. The fourth-order valence-electron chi connectivity index (χ4n) is 2.29. The van der Waals surface area contributed by atoms with E-state index < -0.39 is 0 Å². The van der Waals surface area contributed by atoms with Crippen molar-refractivity contribution in [2.75, 3.05) is 6.54 Å². The molecule has 4 nitrogen and oxygen atoms in total. The quantitative estimate of drug-likeness (QED) is 0.770. The fraction of sp³-hybridized carbons (Fsp3) is 0.588. The number of nitrogens with one attached hydrogen (secondary N) is 1. The van der Waals surface area contributed by atoms with Gasteiger partial charge >= 0.3 is 0 Å². The summed E-state index contributed by atoms with van der Waals surface area (Å²) in [7, 11) is 0. The summed E-state index contributed by atoms with van der Waals surface area (Å²) in [6, 6.07) is 7.68. The molecule has 1 amide bonds. The molecule has 1 aromatic rings. The molecule has 0 heterocycles. The number of halogens is 1. The molecule has 0 spiro atoms. The molecule has 0 saturated carbocycles. The lowest BCUT2D eigenvalue weighted by Gasteiger charge is -2.31. The smallest absolute Gasteiger partial charge is 0.224 e.